The van der Waals surface area contributed by atoms with Gasteiger partial charge >= 0.3 is 6.18 Å². The van der Waals surface area contributed by atoms with Gasteiger partial charge in [0.05, 0.1) is 7.11 Å². The van der Waals surface area contributed by atoms with Crippen LogP contribution in [-0.4, -0.2) is 13.3 Å². The van der Waals surface area contributed by atoms with Gasteiger partial charge in [-0.3, -0.25) is 0 Å². The van der Waals surface area contributed by atoms with E-state index in [9.17, 15) is 13.2 Å². The number of hydrogen-bond donors (Lipinski definition) is 0. The van der Waals surface area contributed by atoms with Gasteiger partial charge in [-0.15, -0.1) is 0 Å². The highest BCUT2D eigenvalue weighted by atomic mass is 19.4. The summed E-state index contributed by atoms with van der Waals surface area (Å²) in [6.07, 6.45) is -4.05. The van der Waals surface area contributed by atoms with Gasteiger partial charge in [-0.1, -0.05) is 42.5 Å². The Labute approximate surface area is 115 Å². The summed E-state index contributed by atoms with van der Waals surface area (Å²) in [6, 6.07) is 15.0. The third-order valence-electron chi connectivity index (χ3n) is 2.79. The van der Waals surface area contributed by atoms with Crippen LogP contribution in [0.3, 0.4) is 0 Å². The number of methoxy groups -OCH3 is 1. The fourth-order valence-electron chi connectivity index (χ4n) is 1.89. The van der Waals surface area contributed by atoms with Crippen molar-refractivity contribution in [2.75, 3.05) is 7.11 Å². The first-order valence-electron chi connectivity index (χ1n) is 5.99. The first-order chi connectivity index (χ1) is 9.49. The summed E-state index contributed by atoms with van der Waals surface area (Å²) in [5, 5.41) is 0. The molecule has 20 heavy (non-hydrogen) atoms. The van der Waals surface area contributed by atoms with Gasteiger partial charge in [0.1, 0.15) is 5.75 Å². The van der Waals surface area contributed by atoms with Gasteiger partial charge in [-0.05, 0) is 28.8 Å². The monoisotopic (exact) mass is 278 g/mol. The van der Waals surface area contributed by atoms with Crippen LogP contribution in [0.1, 0.15) is 11.1 Å². The van der Waals surface area contributed by atoms with Crippen LogP contribution in [0.5, 0.6) is 5.75 Å². The molecule has 0 radical (unpaired) electrons. The van der Waals surface area contributed by atoms with E-state index in [0.717, 1.165) is 0 Å². The smallest absolute Gasteiger partial charge is 0.410 e. The summed E-state index contributed by atoms with van der Waals surface area (Å²) in [4.78, 5) is 0. The van der Waals surface area contributed by atoms with E-state index in [-0.39, 0.29) is 5.57 Å². The average molecular weight is 278 g/mol. The Morgan fingerprint density at radius 2 is 1.45 bits per heavy atom. The lowest BCUT2D eigenvalue weighted by molar-refractivity contribution is -0.0793. The lowest BCUT2D eigenvalue weighted by atomic mass is 9.97. The molecule has 0 bridgehead atoms. The summed E-state index contributed by atoms with van der Waals surface area (Å²) < 4.78 is 43.2. The molecule has 0 saturated heterocycles. The summed E-state index contributed by atoms with van der Waals surface area (Å²) in [7, 11) is 1.51. The molecule has 2 aromatic rings. The lowest BCUT2D eigenvalue weighted by Gasteiger charge is -2.11. The summed E-state index contributed by atoms with van der Waals surface area (Å²) >= 11 is 0. The molecular formula is C16H13F3O. The van der Waals surface area contributed by atoms with Crippen molar-refractivity contribution < 1.29 is 17.9 Å². The first kappa shape index (κ1) is 14.2. The van der Waals surface area contributed by atoms with Crippen LogP contribution in [-0.2, 0) is 0 Å². The van der Waals surface area contributed by atoms with Gasteiger partial charge in [0.25, 0.3) is 0 Å². The number of allylic oxidation sites excluding steroid dienone is 1. The van der Waals surface area contributed by atoms with Crippen LogP contribution >= 0.6 is 0 Å². The van der Waals surface area contributed by atoms with E-state index >= 15 is 0 Å². The molecule has 0 amide bonds. The van der Waals surface area contributed by atoms with Crippen molar-refractivity contribution in [3.63, 3.8) is 0 Å². The van der Waals surface area contributed by atoms with E-state index in [1.165, 1.54) is 7.11 Å². The van der Waals surface area contributed by atoms with E-state index in [1.54, 1.807) is 54.6 Å². The maximum absolute atomic E-state index is 12.7. The predicted molar refractivity (Wildman–Crippen MR) is 72.6 cm³/mol. The van der Waals surface area contributed by atoms with Crippen LogP contribution in [0.15, 0.2) is 60.7 Å². The van der Waals surface area contributed by atoms with Gasteiger partial charge in [-0.25, -0.2) is 0 Å². The molecular weight excluding hydrogens is 265 g/mol. The van der Waals surface area contributed by atoms with Crippen molar-refractivity contribution in [3.8, 4) is 5.75 Å². The normalized spacial score (nSPS) is 12.3. The molecule has 0 N–H and O–H groups in total. The zero-order valence-electron chi connectivity index (χ0n) is 10.8. The molecule has 104 valence electrons. The SMILES string of the molecule is COc1ccc(/C(=C\C(F)(F)F)c2ccccc2)cc1. The van der Waals surface area contributed by atoms with Gasteiger partial charge in [-0.2, -0.15) is 13.2 Å². The van der Waals surface area contributed by atoms with Crippen molar-refractivity contribution in [2.24, 2.45) is 0 Å². The maximum atomic E-state index is 12.7. The molecule has 1 nitrogen and oxygen atoms in total. The quantitative estimate of drug-likeness (QED) is 0.791. The Morgan fingerprint density at radius 3 is 1.95 bits per heavy atom. The topological polar surface area (TPSA) is 9.23 Å². The van der Waals surface area contributed by atoms with Crippen LogP contribution in [0.2, 0.25) is 0 Å². The molecule has 0 fully saturated rings. The van der Waals surface area contributed by atoms with E-state index in [0.29, 0.717) is 23.0 Å². The Balaban J connectivity index is 2.49. The largest absolute Gasteiger partial charge is 0.497 e. The van der Waals surface area contributed by atoms with Crippen molar-refractivity contribution in [1.82, 2.24) is 0 Å². The lowest BCUT2D eigenvalue weighted by Crippen LogP contribution is -2.04. The Hall–Kier alpha value is -2.23. The molecule has 4 heteroatoms. The summed E-state index contributed by atoms with van der Waals surface area (Å²) in [6.45, 7) is 0. The molecule has 0 spiro atoms. The zero-order chi connectivity index (χ0) is 14.6. The number of rotatable bonds is 3. The second-order valence-electron chi connectivity index (χ2n) is 4.19. The van der Waals surface area contributed by atoms with Gasteiger partial charge in [0.2, 0.25) is 0 Å². The molecule has 0 unspecified atom stereocenters. The van der Waals surface area contributed by atoms with Gasteiger partial charge < -0.3 is 4.74 Å². The second kappa shape index (κ2) is 5.82. The number of benzene rings is 2. The zero-order valence-corrected chi connectivity index (χ0v) is 10.8. The minimum Gasteiger partial charge on any atom is -0.497 e. The third-order valence-corrected chi connectivity index (χ3v) is 2.79. The third kappa shape index (κ3) is 3.63. The van der Waals surface area contributed by atoms with Gasteiger partial charge in [0, 0.05) is 6.08 Å². The highest BCUT2D eigenvalue weighted by molar-refractivity contribution is 5.80. The fourth-order valence-corrected chi connectivity index (χ4v) is 1.89. The van der Waals surface area contributed by atoms with E-state index in [2.05, 4.69) is 0 Å². The molecule has 0 atom stereocenters. The Bertz CT molecular complexity index is 583. The molecule has 0 aliphatic carbocycles. The standard InChI is InChI=1S/C16H13F3O/c1-20-14-9-7-13(8-10-14)15(11-16(17,18)19)12-5-3-2-4-6-12/h2-11H,1H3/b15-11-. The molecule has 0 saturated carbocycles. The molecule has 0 heterocycles. The van der Waals surface area contributed by atoms with Crippen molar-refractivity contribution >= 4 is 5.57 Å². The van der Waals surface area contributed by atoms with Crippen molar-refractivity contribution in [1.29, 1.82) is 0 Å². The highest BCUT2D eigenvalue weighted by Crippen LogP contribution is 2.30. The van der Waals surface area contributed by atoms with Gasteiger partial charge in [0.15, 0.2) is 0 Å². The second-order valence-corrected chi connectivity index (χ2v) is 4.19. The molecule has 0 aliphatic rings. The average Bonchev–Trinajstić information content (AvgIpc) is 2.45. The van der Waals surface area contributed by atoms with Crippen molar-refractivity contribution in [2.45, 2.75) is 6.18 Å². The first-order valence-corrected chi connectivity index (χ1v) is 5.99. The van der Waals surface area contributed by atoms with E-state index < -0.39 is 6.18 Å². The molecule has 2 aromatic carbocycles. The summed E-state index contributed by atoms with van der Waals surface area (Å²) in [5.41, 5.74) is 1.16. The minimum atomic E-state index is -4.37. The van der Waals surface area contributed by atoms with Crippen molar-refractivity contribution in [3.05, 3.63) is 71.8 Å². The number of alkyl halides is 3. The highest BCUT2D eigenvalue weighted by Gasteiger charge is 2.25. The van der Waals surface area contributed by atoms with E-state index in [1.807, 2.05) is 0 Å². The molecule has 2 rings (SSSR count). The predicted octanol–water partition coefficient (Wildman–Crippen LogP) is 4.69. The van der Waals surface area contributed by atoms with Crippen LogP contribution in [0, 0.1) is 0 Å². The Morgan fingerprint density at radius 1 is 0.900 bits per heavy atom. The number of ether oxygens (including phenoxy) is 1. The Kier molecular flexibility index (Phi) is 4.13. The number of halogens is 3. The van der Waals surface area contributed by atoms with Crippen LogP contribution in [0.25, 0.3) is 5.57 Å². The minimum absolute atomic E-state index is 0.140. The molecule has 0 aromatic heterocycles. The number of hydrogen-bond acceptors (Lipinski definition) is 1. The van der Waals surface area contributed by atoms with Crippen LogP contribution < -0.4 is 4.74 Å². The van der Waals surface area contributed by atoms with Crippen LogP contribution in [0.4, 0.5) is 13.2 Å². The van der Waals surface area contributed by atoms with E-state index in [4.69, 9.17) is 4.74 Å². The molecule has 0 aliphatic heterocycles. The fraction of sp³-hybridized carbons (Fsp3) is 0.125. The summed E-state index contributed by atoms with van der Waals surface area (Å²) in [5.74, 6) is 0.605. The maximum Gasteiger partial charge on any atom is 0.410 e.